The van der Waals surface area contributed by atoms with Crippen molar-refractivity contribution in [1.82, 2.24) is 9.21 Å². The van der Waals surface area contributed by atoms with E-state index in [4.69, 9.17) is 10.5 Å². The number of sulfonamides is 1. The monoisotopic (exact) mass is 313 g/mol. The Balaban J connectivity index is 2.07. The van der Waals surface area contributed by atoms with Crippen LogP contribution in [0.2, 0.25) is 0 Å². The number of nitrogens with zero attached hydrogens (tertiary/aromatic N) is 2. The zero-order valence-corrected chi connectivity index (χ0v) is 13.2. The van der Waals surface area contributed by atoms with Crippen molar-refractivity contribution in [3.05, 3.63) is 24.3 Å². The minimum absolute atomic E-state index is 0.271. The molecule has 0 aromatic heterocycles. The smallest absolute Gasteiger partial charge is 0.243 e. The molecule has 7 heteroatoms. The number of benzene rings is 1. The molecule has 0 aliphatic carbocycles. The molecule has 21 heavy (non-hydrogen) atoms. The van der Waals surface area contributed by atoms with Crippen LogP contribution in [-0.2, 0) is 14.8 Å². The molecule has 0 atom stereocenters. The van der Waals surface area contributed by atoms with E-state index in [0.717, 1.165) is 26.1 Å². The summed E-state index contributed by atoms with van der Waals surface area (Å²) < 4.78 is 31.9. The molecule has 1 aliphatic heterocycles. The van der Waals surface area contributed by atoms with E-state index >= 15 is 0 Å². The van der Waals surface area contributed by atoms with Gasteiger partial charge in [-0.3, -0.25) is 4.90 Å². The molecule has 6 nitrogen and oxygen atoms in total. The summed E-state index contributed by atoms with van der Waals surface area (Å²) in [6.07, 6.45) is 0.825. The normalized spacial score (nSPS) is 18.5. The van der Waals surface area contributed by atoms with Gasteiger partial charge in [0.1, 0.15) is 0 Å². The van der Waals surface area contributed by atoms with Crippen molar-refractivity contribution < 1.29 is 13.2 Å². The SMILES string of the molecule is COCCN1CCCN(S(=O)(=O)c2cccc(N)c2)CC1. The van der Waals surface area contributed by atoms with Gasteiger partial charge in [0.05, 0.1) is 11.5 Å². The van der Waals surface area contributed by atoms with Crippen molar-refractivity contribution in [2.45, 2.75) is 11.3 Å². The molecule has 1 aliphatic rings. The topological polar surface area (TPSA) is 75.9 Å². The number of ether oxygens (including phenoxy) is 1. The third kappa shape index (κ3) is 4.16. The summed E-state index contributed by atoms with van der Waals surface area (Å²) in [5.41, 5.74) is 6.15. The summed E-state index contributed by atoms with van der Waals surface area (Å²) in [5, 5.41) is 0. The third-order valence-corrected chi connectivity index (χ3v) is 5.55. The molecular weight excluding hydrogens is 290 g/mol. The Labute approximate surface area is 126 Å². The van der Waals surface area contributed by atoms with Gasteiger partial charge in [0, 0.05) is 39.0 Å². The van der Waals surface area contributed by atoms with Crippen LogP contribution in [0.1, 0.15) is 6.42 Å². The fraction of sp³-hybridized carbons (Fsp3) is 0.571. The molecule has 2 rings (SSSR count). The molecule has 118 valence electrons. The average molecular weight is 313 g/mol. The largest absolute Gasteiger partial charge is 0.399 e. The first-order valence-electron chi connectivity index (χ1n) is 7.11. The second-order valence-corrected chi connectivity index (χ2v) is 7.10. The zero-order chi connectivity index (χ0) is 15.3. The first-order chi connectivity index (χ1) is 10.0. The number of nitrogens with two attached hydrogens (primary N) is 1. The summed E-state index contributed by atoms with van der Waals surface area (Å²) in [6, 6.07) is 6.47. The molecule has 1 saturated heterocycles. The van der Waals surface area contributed by atoms with Crippen LogP contribution in [0, 0.1) is 0 Å². The molecular formula is C14H23N3O3S. The third-order valence-electron chi connectivity index (χ3n) is 3.65. The Bertz CT molecular complexity index is 562. The van der Waals surface area contributed by atoms with Crippen LogP contribution < -0.4 is 5.73 Å². The van der Waals surface area contributed by atoms with E-state index in [1.807, 2.05) is 0 Å². The Kier molecular flexibility index (Phi) is 5.58. The molecule has 0 saturated carbocycles. The molecule has 0 spiro atoms. The summed E-state index contributed by atoms with van der Waals surface area (Å²) in [7, 11) is -1.78. The van der Waals surface area contributed by atoms with E-state index in [2.05, 4.69) is 4.90 Å². The highest BCUT2D eigenvalue weighted by atomic mass is 32.2. The van der Waals surface area contributed by atoms with Crippen molar-refractivity contribution in [3.63, 3.8) is 0 Å². The average Bonchev–Trinajstić information content (AvgIpc) is 2.71. The molecule has 2 N–H and O–H groups in total. The fourth-order valence-corrected chi connectivity index (χ4v) is 3.98. The summed E-state index contributed by atoms with van der Waals surface area (Å²) >= 11 is 0. The molecule has 1 heterocycles. The van der Waals surface area contributed by atoms with Gasteiger partial charge in [-0.2, -0.15) is 4.31 Å². The van der Waals surface area contributed by atoms with E-state index in [9.17, 15) is 8.42 Å². The summed E-state index contributed by atoms with van der Waals surface area (Å²) in [5.74, 6) is 0. The van der Waals surface area contributed by atoms with Crippen LogP contribution in [0.3, 0.4) is 0 Å². The van der Waals surface area contributed by atoms with Crippen molar-refractivity contribution in [2.75, 3.05) is 52.2 Å². The highest BCUT2D eigenvalue weighted by molar-refractivity contribution is 7.89. The van der Waals surface area contributed by atoms with Crippen LogP contribution in [-0.4, -0.2) is 64.1 Å². The van der Waals surface area contributed by atoms with Gasteiger partial charge in [0.15, 0.2) is 0 Å². The molecule has 0 bridgehead atoms. The van der Waals surface area contributed by atoms with Crippen molar-refractivity contribution in [1.29, 1.82) is 0 Å². The maximum atomic E-state index is 12.6. The molecule has 1 aromatic rings. The van der Waals surface area contributed by atoms with Crippen LogP contribution in [0.25, 0.3) is 0 Å². The van der Waals surface area contributed by atoms with Gasteiger partial charge >= 0.3 is 0 Å². The Morgan fingerprint density at radius 1 is 1.24 bits per heavy atom. The number of hydrogen-bond acceptors (Lipinski definition) is 5. The van der Waals surface area contributed by atoms with Crippen LogP contribution in [0.4, 0.5) is 5.69 Å². The predicted molar refractivity (Wildman–Crippen MR) is 82.5 cm³/mol. The van der Waals surface area contributed by atoms with E-state index in [-0.39, 0.29) is 4.90 Å². The quantitative estimate of drug-likeness (QED) is 0.806. The standard InChI is InChI=1S/C14H23N3O3S/c1-20-11-10-16-6-3-7-17(9-8-16)21(18,19)14-5-2-4-13(15)12-14/h2,4-5,12H,3,6-11,15H2,1H3. The van der Waals surface area contributed by atoms with Gasteiger partial charge in [-0.25, -0.2) is 8.42 Å². The number of methoxy groups -OCH3 is 1. The summed E-state index contributed by atoms with van der Waals surface area (Å²) in [6.45, 7) is 4.17. The lowest BCUT2D eigenvalue weighted by Crippen LogP contribution is -2.36. The van der Waals surface area contributed by atoms with E-state index in [0.29, 0.717) is 25.4 Å². The minimum Gasteiger partial charge on any atom is -0.399 e. The van der Waals surface area contributed by atoms with Gasteiger partial charge in [-0.05, 0) is 31.2 Å². The maximum absolute atomic E-state index is 12.6. The molecule has 0 unspecified atom stereocenters. The van der Waals surface area contributed by atoms with Crippen molar-refractivity contribution >= 4 is 15.7 Å². The maximum Gasteiger partial charge on any atom is 0.243 e. The van der Waals surface area contributed by atoms with Gasteiger partial charge < -0.3 is 10.5 Å². The molecule has 1 aromatic carbocycles. The summed E-state index contributed by atoms with van der Waals surface area (Å²) in [4.78, 5) is 2.51. The highest BCUT2D eigenvalue weighted by Gasteiger charge is 2.26. The second-order valence-electron chi connectivity index (χ2n) is 5.16. The minimum atomic E-state index is -3.46. The van der Waals surface area contributed by atoms with E-state index in [1.165, 1.54) is 6.07 Å². The van der Waals surface area contributed by atoms with Gasteiger partial charge in [0.25, 0.3) is 0 Å². The number of nitrogen functional groups attached to an aromatic ring is 1. The lowest BCUT2D eigenvalue weighted by atomic mass is 10.3. The first kappa shape index (κ1) is 16.2. The van der Waals surface area contributed by atoms with E-state index in [1.54, 1.807) is 29.6 Å². The number of anilines is 1. The van der Waals surface area contributed by atoms with Crippen LogP contribution >= 0.6 is 0 Å². The Morgan fingerprint density at radius 3 is 2.76 bits per heavy atom. The number of rotatable bonds is 5. The Hall–Kier alpha value is -1.15. The molecule has 0 amide bonds. The fourth-order valence-electron chi connectivity index (χ4n) is 2.46. The zero-order valence-electron chi connectivity index (χ0n) is 12.4. The first-order valence-corrected chi connectivity index (χ1v) is 8.55. The molecule has 1 fully saturated rings. The van der Waals surface area contributed by atoms with Gasteiger partial charge in [-0.15, -0.1) is 0 Å². The van der Waals surface area contributed by atoms with Crippen molar-refractivity contribution in [2.24, 2.45) is 0 Å². The molecule has 0 radical (unpaired) electrons. The van der Waals surface area contributed by atoms with Gasteiger partial charge in [-0.1, -0.05) is 6.07 Å². The highest BCUT2D eigenvalue weighted by Crippen LogP contribution is 2.19. The van der Waals surface area contributed by atoms with Gasteiger partial charge in [0.2, 0.25) is 10.0 Å². The second kappa shape index (κ2) is 7.22. The van der Waals surface area contributed by atoms with Crippen molar-refractivity contribution in [3.8, 4) is 0 Å². The Morgan fingerprint density at radius 2 is 2.05 bits per heavy atom. The van der Waals surface area contributed by atoms with Crippen LogP contribution in [0.15, 0.2) is 29.2 Å². The van der Waals surface area contributed by atoms with E-state index < -0.39 is 10.0 Å². The lowest BCUT2D eigenvalue weighted by Gasteiger charge is -2.21. The predicted octanol–water partition coefficient (Wildman–Crippen LogP) is 0.612. The lowest BCUT2D eigenvalue weighted by molar-refractivity contribution is 0.151. The number of hydrogen-bond donors (Lipinski definition) is 1. The van der Waals surface area contributed by atoms with Crippen LogP contribution in [0.5, 0.6) is 0 Å².